The fourth-order valence-electron chi connectivity index (χ4n) is 3.00. The van der Waals surface area contributed by atoms with Gasteiger partial charge in [0.2, 0.25) is 5.91 Å². The molecular weight excluding hydrogens is 290 g/mol. The number of hydrogen-bond donors (Lipinski definition) is 0. The highest BCUT2D eigenvalue weighted by molar-refractivity contribution is 7.99. The number of rotatable bonds is 5. The molecule has 1 aliphatic heterocycles. The first-order valence-electron chi connectivity index (χ1n) is 7.87. The molecule has 1 aliphatic rings. The molecular formula is C19H21NOS. The Labute approximate surface area is 136 Å². The molecule has 1 unspecified atom stereocenters. The topological polar surface area (TPSA) is 20.3 Å². The minimum atomic E-state index is 0.274. The predicted molar refractivity (Wildman–Crippen MR) is 91.9 cm³/mol. The third-order valence-corrected chi connectivity index (χ3v) is 5.10. The van der Waals surface area contributed by atoms with Crippen molar-refractivity contribution in [2.75, 3.05) is 12.3 Å². The van der Waals surface area contributed by atoms with E-state index in [2.05, 4.69) is 41.3 Å². The fraction of sp³-hybridized carbons (Fsp3) is 0.316. The highest BCUT2D eigenvalue weighted by Gasteiger charge is 2.29. The van der Waals surface area contributed by atoms with Crippen LogP contribution in [-0.4, -0.2) is 23.1 Å². The van der Waals surface area contributed by atoms with Crippen LogP contribution in [0.5, 0.6) is 0 Å². The molecule has 22 heavy (non-hydrogen) atoms. The van der Waals surface area contributed by atoms with E-state index in [4.69, 9.17) is 0 Å². The third-order valence-electron chi connectivity index (χ3n) is 4.09. The van der Waals surface area contributed by atoms with E-state index in [0.29, 0.717) is 6.42 Å². The Morgan fingerprint density at radius 3 is 2.45 bits per heavy atom. The summed E-state index contributed by atoms with van der Waals surface area (Å²) >= 11 is 1.76. The van der Waals surface area contributed by atoms with Crippen molar-refractivity contribution in [2.24, 2.45) is 0 Å². The zero-order valence-electron chi connectivity index (χ0n) is 12.7. The highest BCUT2D eigenvalue weighted by Crippen LogP contribution is 2.32. The lowest BCUT2D eigenvalue weighted by atomic mass is 10.0. The summed E-state index contributed by atoms with van der Waals surface area (Å²) in [6.45, 7) is 0.897. The van der Waals surface area contributed by atoms with Gasteiger partial charge >= 0.3 is 0 Å². The van der Waals surface area contributed by atoms with E-state index in [0.717, 1.165) is 25.1 Å². The van der Waals surface area contributed by atoms with Crippen LogP contribution >= 0.6 is 11.8 Å². The standard InChI is InChI=1S/C19H21NOS/c21-19(13-15-22-17-10-5-2-6-11-17)20-14-7-12-18(20)16-8-3-1-4-9-16/h1-6,8-11,18H,7,12-15H2. The normalized spacial score (nSPS) is 17.6. The van der Waals surface area contributed by atoms with Crippen LogP contribution in [0.4, 0.5) is 0 Å². The average Bonchev–Trinajstić information content (AvgIpc) is 3.06. The van der Waals surface area contributed by atoms with Gasteiger partial charge in [-0.15, -0.1) is 11.8 Å². The van der Waals surface area contributed by atoms with Crippen LogP contribution in [0.1, 0.15) is 30.9 Å². The Bertz CT molecular complexity index is 599. The first-order valence-corrected chi connectivity index (χ1v) is 8.85. The molecule has 0 bridgehead atoms. The Morgan fingerprint density at radius 2 is 1.73 bits per heavy atom. The van der Waals surface area contributed by atoms with Gasteiger partial charge in [-0.1, -0.05) is 48.5 Å². The number of amides is 1. The van der Waals surface area contributed by atoms with Crippen molar-refractivity contribution in [3.8, 4) is 0 Å². The number of thioether (sulfide) groups is 1. The Balaban J connectivity index is 1.55. The van der Waals surface area contributed by atoms with Gasteiger partial charge in [0.1, 0.15) is 0 Å². The molecule has 0 saturated carbocycles. The van der Waals surface area contributed by atoms with Crippen LogP contribution in [0.2, 0.25) is 0 Å². The first-order chi connectivity index (χ1) is 10.8. The van der Waals surface area contributed by atoms with Crippen molar-refractivity contribution in [3.05, 3.63) is 66.2 Å². The Morgan fingerprint density at radius 1 is 1.05 bits per heavy atom. The first kappa shape index (κ1) is 15.2. The molecule has 0 radical (unpaired) electrons. The fourth-order valence-corrected chi connectivity index (χ4v) is 3.87. The van der Waals surface area contributed by atoms with Gasteiger partial charge in [0.05, 0.1) is 6.04 Å². The maximum Gasteiger partial charge on any atom is 0.223 e. The summed E-state index contributed by atoms with van der Waals surface area (Å²) in [6, 6.07) is 21.0. The van der Waals surface area contributed by atoms with E-state index in [1.54, 1.807) is 11.8 Å². The summed E-state index contributed by atoms with van der Waals surface area (Å²) in [5, 5.41) is 0. The molecule has 2 nitrogen and oxygen atoms in total. The van der Waals surface area contributed by atoms with Crippen molar-refractivity contribution in [2.45, 2.75) is 30.2 Å². The summed E-state index contributed by atoms with van der Waals surface area (Å²) in [7, 11) is 0. The van der Waals surface area contributed by atoms with Crippen molar-refractivity contribution >= 4 is 17.7 Å². The van der Waals surface area contributed by atoms with Gasteiger partial charge in [0, 0.05) is 23.6 Å². The van der Waals surface area contributed by atoms with Crippen LogP contribution in [0.25, 0.3) is 0 Å². The molecule has 1 fully saturated rings. The Kier molecular flexibility index (Phi) is 5.17. The Hall–Kier alpha value is -1.74. The monoisotopic (exact) mass is 311 g/mol. The van der Waals surface area contributed by atoms with Gasteiger partial charge in [-0.2, -0.15) is 0 Å². The molecule has 0 N–H and O–H groups in total. The van der Waals surface area contributed by atoms with E-state index in [1.165, 1.54) is 10.5 Å². The van der Waals surface area contributed by atoms with Crippen LogP contribution in [0.3, 0.4) is 0 Å². The summed E-state index contributed by atoms with van der Waals surface area (Å²) in [5.41, 5.74) is 1.27. The van der Waals surface area contributed by atoms with Crippen molar-refractivity contribution in [1.82, 2.24) is 4.90 Å². The van der Waals surface area contributed by atoms with Crippen molar-refractivity contribution in [1.29, 1.82) is 0 Å². The zero-order chi connectivity index (χ0) is 15.2. The van der Waals surface area contributed by atoms with Gasteiger partial charge < -0.3 is 4.90 Å². The predicted octanol–water partition coefficient (Wildman–Crippen LogP) is 4.53. The molecule has 1 heterocycles. The van der Waals surface area contributed by atoms with Gasteiger partial charge in [0.15, 0.2) is 0 Å². The zero-order valence-corrected chi connectivity index (χ0v) is 13.5. The average molecular weight is 311 g/mol. The molecule has 1 saturated heterocycles. The molecule has 114 valence electrons. The lowest BCUT2D eigenvalue weighted by molar-refractivity contribution is -0.131. The van der Waals surface area contributed by atoms with Crippen LogP contribution in [-0.2, 0) is 4.79 Å². The number of carbonyl (C=O) groups is 1. The number of nitrogens with zero attached hydrogens (tertiary/aromatic N) is 1. The van der Waals surface area contributed by atoms with Gasteiger partial charge in [-0.25, -0.2) is 0 Å². The summed E-state index contributed by atoms with van der Waals surface area (Å²) in [6.07, 6.45) is 2.81. The molecule has 0 aliphatic carbocycles. The number of benzene rings is 2. The third kappa shape index (κ3) is 3.72. The lowest BCUT2D eigenvalue weighted by Crippen LogP contribution is -2.30. The molecule has 2 aromatic rings. The van der Waals surface area contributed by atoms with E-state index in [-0.39, 0.29) is 11.9 Å². The summed E-state index contributed by atoms with van der Waals surface area (Å²) < 4.78 is 0. The van der Waals surface area contributed by atoms with Gasteiger partial charge in [-0.05, 0) is 30.5 Å². The van der Waals surface area contributed by atoms with Crippen LogP contribution in [0, 0.1) is 0 Å². The van der Waals surface area contributed by atoms with Crippen molar-refractivity contribution in [3.63, 3.8) is 0 Å². The number of carbonyl (C=O) groups excluding carboxylic acids is 1. The molecule has 3 heteroatoms. The maximum atomic E-state index is 12.5. The maximum absolute atomic E-state index is 12.5. The van der Waals surface area contributed by atoms with Gasteiger partial charge in [-0.3, -0.25) is 4.79 Å². The van der Waals surface area contributed by atoms with E-state index < -0.39 is 0 Å². The second kappa shape index (κ2) is 7.50. The minimum absolute atomic E-state index is 0.274. The van der Waals surface area contributed by atoms with Crippen LogP contribution in [0.15, 0.2) is 65.6 Å². The lowest BCUT2D eigenvalue weighted by Gasteiger charge is -2.25. The summed E-state index contributed by atoms with van der Waals surface area (Å²) in [4.78, 5) is 15.8. The quantitative estimate of drug-likeness (QED) is 0.756. The molecule has 1 amide bonds. The SMILES string of the molecule is O=C(CCSc1ccccc1)N1CCCC1c1ccccc1. The largest absolute Gasteiger partial charge is 0.336 e. The molecule has 0 spiro atoms. The molecule has 1 atom stereocenters. The summed E-state index contributed by atoms with van der Waals surface area (Å²) in [5.74, 6) is 1.13. The second-order valence-corrected chi connectivity index (χ2v) is 6.74. The number of likely N-dealkylation sites (tertiary alicyclic amines) is 1. The van der Waals surface area contributed by atoms with E-state index >= 15 is 0 Å². The molecule has 2 aromatic carbocycles. The van der Waals surface area contributed by atoms with Gasteiger partial charge in [0.25, 0.3) is 0 Å². The highest BCUT2D eigenvalue weighted by atomic mass is 32.2. The van der Waals surface area contributed by atoms with Crippen molar-refractivity contribution < 1.29 is 4.79 Å². The van der Waals surface area contributed by atoms with Crippen LogP contribution < -0.4 is 0 Å². The smallest absolute Gasteiger partial charge is 0.223 e. The van der Waals surface area contributed by atoms with E-state index in [1.807, 2.05) is 24.3 Å². The molecule has 3 rings (SSSR count). The van der Waals surface area contributed by atoms with E-state index in [9.17, 15) is 4.79 Å². The minimum Gasteiger partial charge on any atom is -0.336 e. The number of hydrogen-bond acceptors (Lipinski definition) is 2. The second-order valence-electron chi connectivity index (χ2n) is 5.57. The molecule has 0 aromatic heterocycles.